The van der Waals surface area contributed by atoms with E-state index in [9.17, 15) is 4.79 Å². The number of ketones is 1. The SMILES string of the molecule is CC(=O)Cc1ccc(-c2cccc(C)c2C)cc1. The van der Waals surface area contributed by atoms with Gasteiger partial charge in [-0.25, -0.2) is 0 Å². The average molecular weight is 238 g/mol. The Balaban J connectivity index is 2.34. The largest absolute Gasteiger partial charge is 0.300 e. The molecule has 0 saturated carbocycles. The summed E-state index contributed by atoms with van der Waals surface area (Å²) in [5, 5.41) is 0. The zero-order chi connectivity index (χ0) is 13.1. The van der Waals surface area contributed by atoms with Gasteiger partial charge in [-0.1, -0.05) is 42.5 Å². The van der Waals surface area contributed by atoms with Crippen LogP contribution in [0.25, 0.3) is 11.1 Å². The van der Waals surface area contributed by atoms with Crippen LogP contribution in [0.3, 0.4) is 0 Å². The molecule has 1 nitrogen and oxygen atoms in total. The first kappa shape index (κ1) is 12.6. The van der Waals surface area contributed by atoms with Gasteiger partial charge in [0.2, 0.25) is 0 Å². The standard InChI is InChI=1S/C17H18O/c1-12-5-4-6-17(14(12)3)16-9-7-15(8-10-16)11-13(2)18/h4-10H,11H2,1-3H3. The quantitative estimate of drug-likeness (QED) is 0.786. The molecule has 0 aliphatic rings. The van der Waals surface area contributed by atoms with Gasteiger partial charge >= 0.3 is 0 Å². The summed E-state index contributed by atoms with van der Waals surface area (Å²) in [5.41, 5.74) is 6.18. The molecular weight excluding hydrogens is 220 g/mol. The van der Waals surface area contributed by atoms with E-state index in [0.717, 1.165) is 5.56 Å². The molecule has 0 radical (unpaired) electrons. The van der Waals surface area contributed by atoms with E-state index in [1.165, 1.54) is 22.3 Å². The van der Waals surface area contributed by atoms with Crippen molar-refractivity contribution in [3.63, 3.8) is 0 Å². The number of Topliss-reactive ketones (excluding diaryl/α,β-unsaturated/α-hetero) is 1. The summed E-state index contributed by atoms with van der Waals surface area (Å²) in [4.78, 5) is 11.1. The minimum atomic E-state index is 0.203. The predicted molar refractivity (Wildman–Crippen MR) is 75.7 cm³/mol. The van der Waals surface area contributed by atoms with Crippen molar-refractivity contribution in [1.29, 1.82) is 0 Å². The van der Waals surface area contributed by atoms with E-state index in [2.05, 4.69) is 44.2 Å². The van der Waals surface area contributed by atoms with Gasteiger partial charge in [0, 0.05) is 6.42 Å². The second-order valence-corrected chi connectivity index (χ2v) is 4.82. The van der Waals surface area contributed by atoms with Gasteiger partial charge in [-0.3, -0.25) is 4.79 Å². The highest BCUT2D eigenvalue weighted by atomic mass is 16.1. The second kappa shape index (κ2) is 5.18. The van der Waals surface area contributed by atoms with Gasteiger partial charge in [-0.05, 0) is 48.6 Å². The molecule has 0 saturated heterocycles. The zero-order valence-electron chi connectivity index (χ0n) is 11.2. The predicted octanol–water partition coefficient (Wildman–Crippen LogP) is 4.10. The van der Waals surface area contributed by atoms with Gasteiger partial charge in [-0.2, -0.15) is 0 Å². The fourth-order valence-electron chi connectivity index (χ4n) is 2.15. The Morgan fingerprint density at radius 1 is 1.00 bits per heavy atom. The Kier molecular flexibility index (Phi) is 3.61. The van der Waals surface area contributed by atoms with Gasteiger partial charge in [-0.15, -0.1) is 0 Å². The fraction of sp³-hybridized carbons (Fsp3) is 0.235. The molecule has 0 spiro atoms. The maximum Gasteiger partial charge on any atom is 0.134 e. The average Bonchev–Trinajstić information content (AvgIpc) is 2.33. The van der Waals surface area contributed by atoms with Gasteiger partial charge in [0.25, 0.3) is 0 Å². The Bertz CT molecular complexity index is 565. The lowest BCUT2D eigenvalue weighted by atomic mass is 9.96. The van der Waals surface area contributed by atoms with Crippen LogP contribution in [-0.2, 0) is 11.2 Å². The van der Waals surface area contributed by atoms with Crippen molar-refractivity contribution in [1.82, 2.24) is 0 Å². The highest BCUT2D eigenvalue weighted by molar-refractivity contribution is 5.78. The van der Waals surface area contributed by atoms with Crippen LogP contribution in [0.4, 0.5) is 0 Å². The van der Waals surface area contributed by atoms with Crippen LogP contribution >= 0.6 is 0 Å². The summed E-state index contributed by atoms with van der Waals surface area (Å²) in [6, 6.07) is 14.6. The Hall–Kier alpha value is -1.89. The number of aryl methyl sites for hydroxylation is 1. The van der Waals surface area contributed by atoms with E-state index in [-0.39, 0.29) is 5.78 Å². The van der Waals surface area contributed by atoms with E-state index in [1.54, 1.807) is 6.92 Å². The van der Waals surface area contributed by atoms with Crippen LogP contribution in [0.1, 0.15) is 23.6 Å². The van der Waals surface area contributed by atoms with Crippen molar-refractivity contribution >= 4 is 5.78 Å². The van der Waals surface area contributed by atoms with E-state index >= 15 is 0 Å². The fourth-order valence-corrected chi connectivity index (χ4v) is 2.15. The minimum absolute atomic E-state index is 0.203. The Morgan fingerprint density at radius 3 is 2.28 bits per heavy atom. The van der Waals surface area contributed by atoms with E-state index in [4.69, 9.17) is 0 Å². The van der Waals surface area contributed by atoms with Gasteiger partial charge in [0.05, 0.1) is 0 Å². The monoisotopic (exact) mass is 238 g/mol. The molecule has 0 amide bonds. The number of benzene rings is 2. The molecule has 0 bridgehead atoms. The lowest BCUT2D eigenvalue weighted by molar-refractivity contribution is -0.116. The molecule has 0 heterocycles. The van der Waals surface area contributed by atoms with Crippen LogP contribution in [0.2, 0.25) is 0 Å². The maximum absolute atomic E-state index is 11.1. The van der Waals surface area contributed by atoms with Crippen molar-refractivity contribution in [3.8, 4) is 11.1 Å². The highest BCUT2D eigenvalue weighted by Crippen LogP contribution is 2.25. The van der Waals surface area contributed by atoms with Crippen molar-refractivity contribution in [2.75, 3.05) is 0 Å². The number of hydrogen-bond acceptors (Lipinski definition) is 1. The first-order chi connectivity index (χ1) is 8.58. The van der Waals surface area contributed by atoms with Crippen molar-refractivity contribution in [3.05, 3.63) is 59.2 Å². The van der Waals surface area contributed by atoms with Gasteiger partial charge in [0.15, 0.2) is 0 Å². The lowest BCUT2D eigenvalue weighted by Gasteiger charge is -2.09. The van der Waals surface area contributed by atoms with Gasteiger partial charge in [0.1, 0.15) is 5.78 Å². The summed E-state index contributed by atoms with van der Waals surface area (Å²) in [6.07, 6.45) is 0.521. The summed E-state index contributed by atoms with van der Waals surface area (Å²) in [7, 11) is 0. The normalized spacial score (nSPS) is 10.4. The molecule has 0 aliphatic heterocycles. The summed E-state index contributed by atoms with van der Waals surface area (Å²) < 4.78 is 0. The van der Waals surface area contributed by atoms with Crippen molar-refractivity contribution < 1.29 is 4.79 Å². The summed E-state index contributed by atoms with van der Waals surface area (Å²) in [5.74, 6) is 0.203. The maximum atomic E-state index is 11.1. The molecule has 0 N–H and O–H groups in total. The van der Waals surface area contributed by atoms with E-state index < -0.39 is 0 Å². The molecule has 18 heavy (non-hydrogen) atoms. The molecule has 0 fully saturated rings. The molecule has 0 unspecified atom stereocenters. The summed E-state index contributed by atoms with van der Waals surface area (Å²) in [6.45, 7) is 5.90. The van der Waals surface area contributed by atoms with E-state index in [1.807, 2.05) is 12.1 Å². The van der Waals surface area contributed by atoms with Crippen LogP contribution in [0.15, 0.2) is 42.5 Å². The molecule has 0 aromatic heterocycles. The smallest absolute Gasteiger partial charge is 0.134 e. The third-order valence-corrected chi connectivity index (χ3v) is 3.32. The number of hydrogen-bond donors (Lipinski definition) is 0. The Morgan fingerprint density at radius 2 is 1.67 bits per heavy atom. The first-order valence-corrected chi connectivity index (χ1v) is 6.23. The molecule has 2 aromatic carbocycles. The highest BCUT2D eigenvalue weighted by Gasteiger charge is 2.04. The number of carbonyl (C=O) groups excluding carboxylic acids is 1. The first-order valence-electron chi connectivity index (χ1n) is 6.23. The minimum Gasteiger partial charge on any atom is -0.300 e. The molecule has 0 aliphatic carbocycles. The van der Waals surface area contributed by atoms with Crippen molar-refractivity contribution in [2.24, 2.45) is 0 Å². The van der Waals surface area contributed by atoms with Crippen LogP contribution in [0, 0.1) is 13.8 Å². The molecular formula is C17H18O. The van der Waals surface area contributed by atoms with Gasteiger partial charge < -0.3 is 0 Å². The van der Waals surface area contributed by atoms with Crippen LogP contribution in [-0.4, -0.2) is 5.78 Å². The van der Waals surface area contributed by atoms with E-state index in [0.29, 0.717) is 6.42 Å². The second-order valence-electron chi connectivity index (χ2n) is 4.82. The van der Waals surface area contributed by atoms with Crippen molar-refractivity contribution in [2.45, 2.75) is 27.2 Å². The number of rotatable bonds is 3. The molecule has 2 rings (SSSR count). The Labute approximate surface area is 108 Å². The summed E-state index contributed by atoms with van der Waals surface area (Å²) >= 11 is 0. The zero-order valence-corrected chi connectivity index (χ0v) is 11.2. The third kappa shape index (κ3) is 2.67. The molecule has 92 valence electrons. The molecule has 1 heteroatoms. The topological polar surface area (TPSA) is 17.1 Å². The molecule has 2 aromatic rings. The number of carbonyl (C=O) groups is 1. The molecule has 0 atom stereocenters. The third-order valence-electron chi connectivity index (χ3n) is 3.32. The van der Waals surface area contributed by atoms with Crippen LogP contribution in [0.5, 0.6) is 0 Å². The lowest BCUT2D eigenvalue weighted by Crippen LogP contribution is -1.95. The van der Waals surface area contributed by atoms with Crippen LogP contribution < -0.4 is 0 Å².